The molecule has 0 saturated heterocycles. The molecule has 1 aromatic carbocycles. The molecule has 1 amide bonds. The highest BCUT2D eigenvalue weighted by Crippen LogP contribution is 2.22. The summed E-state index contributed by atoms with van der Waals surface area (Å²) in [4.78, 5) is 12.9. The number of nitrogens with one attached hydrogen (secondary N) is 1. The van der Waals surface area contributed by atoms with Gasteiger partial charge in [0.05, 0.1) is 22.3 Å². The fourth-order valence-electron chi connectivity index (χ4n) is 1.41. The van der Waals surface area contributed by atoms with E-state index in [4.69, 9.17) is 16.9 Å². The molecule has 0 atom stereocenters. The molecule has 0 heterocycles. The summed E-state index contributed by atoms with van der Waals surface area (Å²) in [5, 5.41) is 12.4. The predicted octanol–water partition coefficient (Wildman–Crippen LogP) is 2.49. The zero-order valence-electron chi connectivity index (χ0n) is 10.5. The van der Waals surface area contributed by atoms with Crippen molar-refractivity contribution in [2.24, 2.45) is 0 Å². The van der Waals surface area contributed by atoms with Crippen LogP contribution in [-0.2, 0) is 4.79 Å². The Balaban J connectivity index is 2.41. The minimum Gasteiger partial charge on any atom is -0.384 e. The molecule has 18 heavy (non-hydrogen) atoms. The molecule has 96 valence electrons. The highest BCUT2D eigenvalue weighted by Gasteiger charge is 2.04. The average Bonchev–Trinajstić information content (AvgIpc) is 2.35. The van der Waals surface area contributed by atoms with Gasteiger partial charge in [0, 0.05) is 27.1 Å². The standard InChI is InChI=1S/C13H16ClN3O/c1-17(2)13(18)4-3-7-16-12-6-5-10(9-15)8-11(12)14/h5-6,8,16H,3-4,7H2,1-2H3. The molecular weight excluding hydrogens is 250 g/mol. The van der Waals surface area contributed by atoms with Crippen LogP contribution in [0.3, 0.4) is 0 Å². The number of rotatable bonds is 5. The lowest BCUT2D eigenvalue weighted by molar-refractivity contribution is -0.128. The third-order valence-corrected chi connectivity index (χ3v) is 2.79. The highest BCUT2D eigenvalue weighted by atomic mass is 35.5. The van der Waals surface area contributed by atoms with Crippen LogP contribution < -0.4 is 5.32 Å². The van der Waals surface area contributed by atoms with Crippen molar-refractivity contribution < 1.29 is 4.79 Å². The summed E-state index contributed by atoms with van der Waals surface area (Å²) in [6, 6.07) is 7.13. The van der Waals surface area contributed by atoms with Crippen LogP contribution in [0.25, 0.3) is 0 Å². The number of hydrogen-bond acceptors (Lipinski definition) is 3. The number of nitriles is 1. The topological polar surface area (TPSA) is 56.1 Å². The summed E-state index contributed by atoms with van der Waals surface area (Å²) >= 11 is 6.01. The van der Waals surface area contributed by atoms with Gasteiger partial charge in [-0.25, -0.2) is 0 Å². The van der Waals surface area contributed by atoms with E-state index in [1.54, 1.807) is 37.2 Å². The first-order valence-corrected chi connectivity index (χ1v) is 6.06. The Morgan fingerprint density at radius 2 is 2.22 bits per heavy atom. The van der Waals surface area contributed by atoms with Crippen molar-refractivity contribution in [1.82, 2.24) is 4.90 Å². The van der Waals surface area contributed by atoms with Gasteiger partial charge < -0.3 is 10.2 Å². The van der Waals surface area contributed by atoms with Crippen LogP contribution in [0.15, 0.2) is 18.2 Å². The molecule has 0 unspecified atom stereocenters. The third kappa shape index (κ3) is 4.27. The molecule has 1 N–H and O–H groups in total. The largest absolute Gasteiger partial charge is 0.384 e. The van der Waals surface area contributed by atoms with E-state index in [0.29, 0.717) is 23.6 Å². The van der Waals surface area contributed by atoms with Crippen LogP contribution >= 0.6 is 11.6 Å². The molecule has 0 aliphatic heterocycles. The van der Waals surface area contributed by atoms with Crippen molar-refractivity contribution in [1.29, 1.82) is 5.26 Å². The monoisotopic (exact) mass is 265 g/mol. The fourth-order valence-corrected chi connectivity index (χ4v) is 1.66. The van der Waals surface area contributed by atoms with Crippen molar-refractivity contribution in [2.45, 2.75) is 12.8 Å². The SMILES string of the molecule is CN(C)C(=O)CCCNc1ccc(C#N)cc1Cl. The Labute approximate surface area is 112 Å². The minimum absolute atomic E-state index is 0.114. The van der Waals surface area contributed by atoms with E-state index in [2.05, 4.69) is 5.32 Å². The molecule has 0 aromatic heterocycles. The Morgan fingerprint density at radius 1 is 1.50 bits per heavy atom. The van der Waals surface area contributed by atoms with E-state index in [0.717, 1.165) is 12.1 Å². The maximum absolute atomic E-state index is 11.3. The number of carbonyl (C=O) groups excluding carboxylic acids is 1. The minimum atomic E-state index is 0.114. The van der Waals surface area contributed by atoms with E-state index in [-0.39, 0.29) is 5.91 Å². The van der Waals surface area contributed by atoms with Crippen LogP contribution in [0.2, 0.25) is 5.02 Å². The van der Waals surface area contributed by atoms with Crippen LogP contribution in [0.5, 0.6) is 0 Å². The second-order valence-electron chi connectivity index (χ2n) is 4.12. The van der Waals surface area contributed by atoms with Gasteiger partial charge in [-0.3, -0.25) is 4.79 Å². The van der Waals surface area contributed by atoms with Gasteiger partial charge in [-0.15, -0.1) is 0 Å². The van der Waals surface area contributed by atoms with Crippen LogP contribution in [0.1, 0.15) is 18.4 Å². The average molecular weight is 266 g/mol. The van der Waals surface area contributed by atoms with Gasteiger partial charge in [-0.05, 0) is 24.6 Å². The summed E-state index contributed by atoms with van der Waals surface area (Å²) in [5.74, 6) is 0.114. The van der Waals surface area contributed by atoms with Gasteiger partial charge in [0.25, 0.3) is 0 Å². The normalized spacial score (nSPS) is 9.67. The number of anilines is 1. The predicted molar refractivity (Wildman–Crippen MR) is 72.6 cm³/mol. The first-order valence-electron chi connectivity index (χ1n) is 5.68. The van der Waals surface area contributed by atoms with E-state index < -0.39 is 0 Å². The lowest BCUT2D eigenvalue weighted by Gasteiger charge is -2.11. The quantitative estimate of drug-likeness (QED) is 0.832. The lowest BCUT2D eigenvalue weighted by Crippen LogP contribution is -2.22. The molecule has 5 heteroatoms. The van der Waals surface area contributed by atoms with Crippen molar-refractivity contribution in [2.75, 3.05) is 26.0 Å². The molecule has 0 aliphatic rings. The van der Waals surface area contributed by atoms with Crippen molar-refractivity contribution in [3.05, 3.63) is 28.8 Å². The number of hydrogen-bond donors (Lipinski definition) is 1. The second kappa shape index (κ2) is 6.87. The van der Waals surface area contributed by atoms with E-state index >= 15 is 0 Å². The zero-order chi connectivity index (χ0) is 13.5. The summed E-state index contributed by atoms with van der Waals surface area (Å²) in [6.07, 6.45) is 1.25. The van der Waals surface area contributed by atoms with Crippen molar-refractivity contribution >= 4 is 23.2 Å². The molecule has 0 radical (unpaired) electrons. The van der Waals surface area contributed by atoms with Crippen molar-refractivity contribution in [3.8, 4) is 6.07 Å². The van der Waals surface area contributed by atoms with Gasteiger partial charge in [-0.1, -0.05) is 11.6 Å². The van der Waals surface area contributed by atoms with E-state index in [1.807, 2.05) is 6.07 Å². The number of amides is 1. The molecule has 0 spiro atoms. The van der Waals surface area contributed by atoms with Crippen LogP contribution in [-0.4, -0.2) is 31.4 Å². The summed E-state index contributed by atoms with van der Waals surface area (Å²) in [7, 11) is 3.49. The molecule has 1 aromatic rings. The summed E-state index contributed by atoms with van der Waals surface area (Å²) < 4.78 is 0. The summed E-state index contributed by atoms with van der Waals surface area (Å²) in [6.45, 7) is 0.672. The maximum atomic E-state index is 11.3. The molecule has 0 aliphatic carbocycles. The smallest absolute Gasteiger partial charge is 0.222 e. The molecule has 0 saturated carbocycles. The number of nitrogens with zero attached hydrogens (tertiary/aromatic N) is 2. The Hall–Kier alpha value is -1.73. The molecular formula is C13H16ClN3O. The molecule has 0 bridgehead atoms. The Morgan fingerprint density at radius 3 is 2.78 bits per heavy atom. The lowest BCUT2D eigenvalue weighted by atomic mass is 10.2. The number of carbonyl (C=O) groups is 1. The first-order chi connectivity index (χ1) is 8.54. The zero-order valence-corrected chi connectivity index (χ0v) is 11.3. The molecule has 0 fully saturated rings. The van der Waals surface area contributed by atoms with E-state index in [1.165, 1.54) is 0 Å². The van der Waals surface area contributed by atoms with Gasteiger partial charge >= 0.3 is 0 Å². The van der Waals surface area contributed by atoms with Crippen LogP contribution in [0, 0.1) is 11.3 Å². The second-order valence-corrected chi connectivity index (χ2v) is 4.53. The third-order valence-electron chi connectivity index (χ3n) is 2.48. The maximum Gasteiger partial charge on any atom is 0.222 e. The fraction of sp³-hybridized carbons (Fsp3) is 0.385. The van der Waals surface area contributed by atoms with Gasteiger partial charge in [0.2, 0.25) is 5.91 Å². The molecule has 1 rings (SSSR count). The van der Waals surface area contributed by atoms with Gasteiger partial charge in [0.15, 0.2) is 0 Å². The summed E-state index contributed by atoms with van der Waals surface area (Å²) in [5.41, 5.74) is 1.32. The number of halogens is 1. The van der Waals surface area contributed by atoms with Gasteiger partial charge in [0.1, 0.15) is 0 Å². The van der Waals surface area contributed by atoms with E-state index in [9.17, 15) is 4.79 Å². The highest BCUT2D eigenvalue weighted by molar-refractivity contribution is 6.33. The van der Waals surface area contributed by atoms with Crippen LogP contribution in [0.4, 0.5) is 5.69 Å². The molecule has 4 nitrogen and oxygen atoms in total. The first kappa shape index (κ1) is 14.3. The van der Waals surface area contributed by atoms with Crippen molar-refractivity contribution in [3.63, 3.8) is 0 Å². The van der Waals surface area contributed by atoms with Gasteiger partial charge in [-0.2, -0.15) is 5.26 Å². The number of benzene rings is 1. The Bertz CT molecular complexity index is 466. The Kier molecular flexibility index (Phi) is 5.47.